The first kappa shape index (κ1) is 14.2. The summed E-state index contributed by atoms with van der Waals surface area (Å²) in [6.45, 7) is 3.78. The summed E-state index contributed by atoms with van der Waals surface area (Å²) < 4.78 is 5.55. The van der Waals surface area contributed by atoms with Crippen molar-refractivity contribution in [2.24, 2.45) is 0 Å². The first-order valence-corrected chi connectivity index (χ1v) is 6.01. The van der Waals surface area contributed by atoms with E-state index in [0.717, 1.165) is 25.3 Å². The highest BCUT2D eigenvalue weighted by Gasteiger charge is 2.12. The molecule has 1 aliphatic heterocycles. The van der Waals surface area contributed by atoms with Crippen molar-refractivity contribution >= 4 is 12.4 Å². The van der Waals surface area contributed by atoms with E-state index in [9.17, 15) is 0 Å². The van der Waals surface area contributed by atoms with Gasteiger partial charge in [-0.25, -0.2) is 0 Å². The van der Waals surface area contributed by atoms with Crippen LogP contribution in [0.4, 0.5) is 0 Å². The van der Waals surface area contributed by atoms with E-state index in [0.29, 0.717) is 11.9 Å². The highest BCUT2D eigenvalue weighted by molar-refractivity contribution is 5.85. The van der Waals surface area contributed by atoms with Crippen molar-refractivity contribution in [1.29, 1.82) is 0 Å². The molecule has 2 heterocycles. The zero-order valence-electron chi connectivity index (χ0n) is 10.2. The normalized spacial score (nSPS) is 19.5. The Morgan fingerprint density at radius 3 is 2.88 bits per heavy atom. The number of rotatable bonds is 4. The summed E-state index contributed by atoms with van der Waals surface area (Å²) in [7, 11) is 0. The second kappa shape index (κ2) is 7.45. The van der Waals surface area contributed by atoms with Crippen LogP contribution in [0, 0.1) is 6.92 Å². The molecule has 0 amide bonds. The number of halogens is 1. The van der Waals surface area contributed by atoms with Crippen LogP contribution in [0.5, 0.6) is 5.88 Å². The molecule has 0 radical (unpaired) electrons. The standard InChI is InChI=1S/C12H19N3O.ClH/c1-10-5-6-12(15-14-10)16-9-7-11-4-2-3-8-13-11;/h5-6,11,13H,2-4,7-9H2,1H3;1H. The third-order valence-corrected chi connectivity index (χ3v) is 2.90. The zero-order chi connectivity index (χ0) is 11.2. The minimum atomic E-state index is 0. The third-order valence-electron chi connectivity index (χ3n) is 2.90. The van der Waals surface area contributed by atoms with Crippen molar-refractivity contribution in [3.63, 3.8) is 0 Å². The number of nitrogens with zero attached hydrogens (tertiary/aromatic N) is 2. The molecule has 1 aliphatic rings. The lowest BCUT2D eigenvalue weighted by Gasteiger charge is -2.23. The summed E-state index contributed by atoms with van der Waals surface area (Å²) >= 11 is 0. The molecule has 0 aromatic carbocycles. The number of nitrogens with one attached hydrogen (secondary N) is 1. The van der Waals surface area contributed by atoms with Crippen LogP contribution >= 0.6 is 12.4 Å². The van der Waals surface area contributed by atoms with E-state index < -0.39 is 0 Å². The van der Waals surface area contributed by atoms with E-state index in [4.69, 9.17) is 4.74 Å². The predicted octanol–water partition coefficient (Wildman–Crippen LogP) is 2.12. The lowest BCUT2D eigenvalue weighted by molar-refractivity contribution is 0.258. The molecule has 0 aliphatic carbocycles. The van der Waals surface area contributed by atoms with E-state index in [-0.39, 0.29) is 12.4 Å². The molecule has 96 valence electrons. The van der Waals surface area contributed by atoms with Gasteiger partial charge < -0.3 is 10.1 Å². The molecule has 5 heteroatoms. The largest absolute Gasteiger partial charge is 0.477 e. The van der Waals surface area contributed by atoms with Crippen molar-refractivity contribution in [3.8, 4) is 5.88 Å². The Bertz CT molecular complexity index is 312. The van der Waals surface area contributed by atoms with E-state index in [1.54, 1.807) is 0 Å². The molecule has 0 spiro atoms. The van der Waals surface area contributed by atoms with E-state index in [1.165, 1.54) is 19.3 Å². The average Bonchev–Trinajstić information content (AvgIpc) is 2.33. The van der Waals surface area contributed by atoms with Gasteiger partial charge in [0.2, 0.25) is 5.88 Å². The number of ether oxygens (including phenoxy) is 1. The summed E-state index contributed by atoms with van der Waals surface area (Å²) in [5.41, 5.74) is 0.918. The molecule has 1 aromatic rings. The van der Waals surface area contributed by atoms with Gasteiger partial charge in [-0.3, -0.25) is 0 Å². The minimum Gasteiger partial charge on any atom is -0.477 e. The van der Waals surface area contributed by atoms with E-state index in [1.807, 2.05) is 19.1 Å². The molecule has 1 aromatic heterocycles. The van der Waals surface area contributed by atoms with E-state index in [2.05, 4.69) is 15.5 Å². The second-order valence-electron chi connectivity index (χ2n) is 4.30. The minimum absolute atomic E-state index is 0. The average molecular weight is 258 g/mol. The zero-order valence-corrected chi connectivity index (χ0v) is 11.0. The SMILES string of the molecule is Cc1ccc(OCCC2CCCCN2)nn1.Cl. The molecule has 0 bridgehead atoms. The van der Waals surface area contributed by atoms with Crippen molar-refractivity contribution in [2.75, 3.05) is 13.2 Å². The summed E-state index contributed by atoms with van der Waals surface area (Å²) in [6.07, 6.45) is 4.96. The Hall–Kier alpha value is -0.870. The van der Waals surface area contributed by atoms with Crippen molar-refractivity contribution in [2.45, 2.75) is 38.6 Å². The first-order valence-electron chi connectivity index (χ1n) is 6.01. The number of aromatic nitrogens is 2. The molecule has 1 saturated heterocycles. The summed E-state index contributed by atoms with van der Waals surface area (Å²) in [4.78, 5) is 0. The van der Waals surface area contributed by atoms with Crippen LogP contribution in [-0.4, -0.2) is 29.4 Å². The Labute approximate surface area is 109 Å². The van der Waals surface area contributed by atoms with Crippen LogP contribution in [0.2, 0.25) is 0 Å². The number of aryl methyl sites for hydroxylation is 1. The Balaban J connectivity index is 0.00000144. The fourth-order valence-electron chi connectivity index (χ4n) is 1.94. The molecule has 1 N–H and O–H groups in total. The van der Waals surface area contributed by atoms with Crippen LogP contribution in [0.1, 0.15) is 31.4 Å². The number of piperidine rings is 1. The molecule has 0 saturated carbocycles. The maximum Gasteiger partial charge on any atom is 0.233 e. The quantitative estimate of drug-likeness (QED) is 0.898. The van der Waals surface area contributed by atoms with Gasteiger partial charge >= 0.3 is 0 Å². The summed E-state index contributed by atoms with van der Waals surface area (Å²) in [5.74, 6) is 0.626. The Morgan fingerprint density at radius 2 is 2.24 bits per heavy atom. The van der Waals surface area contributed by atoms with Gasteiger partial charge in [0.25, 0.3) is 0 Å². The van der Waals surface area contributed by atoms with E-state index >= 15 is 0 Å². The maximum absolute atomic E-state index is 5.55. The third kappa shape index (κ3) is 4.88. The molecular formula is C12H20ClN3O. The second-order valence-corrected chi connectivity index (χ2v) is 4.30. The van der Waals surface area contributed by atoms with Gasteiger partial charge in [-0.2, -0.15) is 5.10 Å². The Morgan fingerprint density at radius 1 is 1.35 bits per heavy atom. The predicted molar refractivity (Wildman–Crippen MR) is 69.8 cm³/mol. The fourth-order valence-corrected chi connectivity index (χ4v) is 1.94. The first-order chi connectivity index (χ1) is 7.84. The van der Waals surface area contributed by atoms with Crippen molar-refractivity contribution in [3.05, 3.63) is 17.8 Å². The van der Waals surface area contributed by atoms with Gasteiger partial charge in [-0.05, 0) is 38.8 Å². The monoisotopic (exact) mass is 257 g/mol. The number of hydrogen-bond donors (Lipinski definition) is 1. The summed E-state index contributed by atoms with van der Waals surface area (Å²) in [5, 5.41) is 11.4. The van der Waals surface area contributed by atoms with Crippen LogP contribution in [-0.2, 0) is 0 Å². The van der Waals surface area contributed by atoms with Crippen molar-refractivity contribution < 1.29 is 4.74 Å². The molecule has 1 unspecified atom stereocenters. The molecule has 2 rings (SSSR count). The number of hydrogen-bond acceptors (Lipinski definition) is 4. The molecule has 4 nitrogen and oxygen atoms in total. The van der Waals surface area contributed by atoms with Gasteiger partial charge in [0.15, 0.2) is 0 Å². The smallest absolute Gasteiger partial charge is 0.233 e. The van der Waals surface area contributed by atoms with Gasteiger partial charge in [0, 0.05) is 12.1 Å². The molecular weight excluding hydrogens is 238 g/mol. The van der Waals surface area contributed by atoms with Crippen molar-refractivity contribution in [1.82, 2.24) is 15.5 Å². The van der Waals surface area contributed by atoms with Crippen LogP contribution < -0.4 is 10.1 Å². The molecule has 17 heavy (non-hydrogen) atoms. The topological polar surface area (TPSA) is 47.0 Å². The lowest BCUT2D eigenvalue weighted by Crippen LogP contribution is -2.35. The lowest BCUT2D eigenvalue weighted by atomic mass is 10.0. The molecule has 1 fully saturated rings. The fraction of sp³-hybridized carbons (Fsp3) is 0.667. The van der Waals surface area contributed by atoms with Gasteiger partial charge in [-0.1, -0.05) is 6.42 Å². The van der Waals surface area contributed by atoms with Crippen LogP contribution in [0.25, 0.3) is 0 Å². The van der Waals surface area contributed by atoms with Crippen LogP contribution in [0.15, 0.2) is 12.1 Å². The summed E-state index contributed by atoms with van der Waals surface area (Å²) in [6, 6.07) is 4.41. The highest BCUT2D eigenvalue weighted by Crippen LogP contribution is 2.11. The highest BCUT2D eigenvalue weighted by atomic mass is 35.5. The maximum atomic E-state index is 5.55. The van der Waals surface area contributed by atoms with Gasteiger partial charge in [-0.15, -0.1) is 17.5 Å². The van der Waals surface area contributed by atoms with Crippen LogP contribution in [0.3, 0.4) is 0 Å². The Kier molecular flexibility index (Phi) is 6.22. The van der Waals surface area contributed by atoms with Gasteiger partial charge in [0.1, 0.15) is 0 Å². The molecule has 1 atom stereocenters. The van der Waals surface area contributed by atoms with Gasteiger partial charge in [0.05, 0.1) is 12.3 Å².